The molecule has 1 aliphatic carbocycles. The average Bonchev–Trinajstić information content (AvgIpc) is 3.22. The Morgan fingerprint density at radius 3 is 2.73 bits per heavy atom. The second-order valence-corrected chi connectivity index (χ2v) is 6.46. The molecule has 0 aromatic rings. The van der Waals surface area contributed by atoms with E-state index in [1.807, 2.05) is 13.8 Å². The highest BCUT2D eigenvalue weighted by Crippen LogP contribution is 2.43. The Morgan fingerprint density at radius 1 is 1.32 bits per heavy atom. The highest BCUT2D eigenvalue weighted by molar-refractivity contribution is 5.75. The minimum absolute atomic E-state index is 0.0545. The van der Waals surface area contributed by atoms with Gasteiger partial charge in [-0.2, -0.15) is 0 Å². The summed E-state index contributed by atoms with van der Waals surface area (Å²) in [7, 11) is 0. The van der Waals surface area contributed by atoms with E-state index in [-0.39, 0.29) is 30.5 Å². The quantitative estimate of drug-likeness (QED) is 0.687. The number of ether oxygens (including phenoxy) is 3. The van der Waals surface area contributed by atoms with Crippen molar-refractivity contribution in [2.75, 3.05) is 6.61 Å². The zero-order valence-electron chi connectivity index (χ0n) is 13.6. The summed E-state index contributed by atoms with van der Waals surface area (Å²) in [4.78, 5) is 11.6. The summed E-state index contributed by atoms with van der Waals surface area (Å²) in [5, 5.41) is 19.5. The summed E-state index contributed by atoms with van der Waals surface area (Å²) < 4.78 is 16.3. The molecule has 6 heteroatoms. The van der Waals surface area contributed by atoms with E-state index < -0.39 is 18.5 Å². The Morgan fingerprint density at radius 2 is 2.05 bits per heavy atom. The van der Waals surface area contributed by atoms with Crippen molar-refractivity contribution in [1.82, 2.24) is 0 Å². The van der Waals surface area contributed by atoms with Gasteiger partial charge in [0.05, 0.1) is 30.8 Å². The van der Waals surface area contributed by atoms with Gasteiger partial charge in [-0.15, -0.1) is 0 Å². The van der Waals surface area contributed by atoms with Crippen LogP contribution in [0.5, 0.6) is 0 Å². The number of aliphatic hydroxyl groups is 2. The van der Waals surface area contributed by atoms with Gasteiger partial charge >= 0.3 is 5.97 Å². The van der Waals surface area contributed by atoms with Crippen LogP contribution in [0.2, 0.25) is 0 Å². The summed E-state index contributed by atoms with van der Waals surface area (Å²) in [6.07, 6.45) is 0.346. The lowest BCUT2D eigenvalue weighted by Gasteiger charge is -2.36. The third kappa shape index (κ3) is 4.65. The van der Waals surface area contributed by atoms with Crippen LogP contribution in [0.25, 0.3) is 0 Å². The van der Waals surface area contributed by atoms with Gasteiger partial charge in [-0.1, -0.05) is 0 Å². The van der Waals surface area contributed by atoms with Gasteiger partial charge in [-0.3, -0.25) is 4.79 Å². The van der Waals surface area contributed by atoms with Gasteiger partial charge in [-0.25, -0.2) is 0 Å². The van der Waals surface area contributed by atoms with Crippen LogP contribution in [0.4, 0.5) is 0 Å². The Labute approximate surface area is 131 Å². The maximum absolute atomic E-state index is 11.6. The molecule has 22 heavy (non-hydrogen) atoms. The van der Waals surface area contributed by atoms with Gasteiger partial charge in [0, 0.05) is 6.42 Å². The number of carbonyl (C=O) groups is 1. The van der Waals surface area contributed by atoms with Crippen LogP contribution in [0.3, 0.4) is 0 Å². The van der Waals surface area contributed by atoms with Crippen LogP contribution in [0.15, 0.2) is 0 Å². The SMILES string of the molecule is CCOC(=O)[C@@H]1C[C@@H]1CC[C@@H](C)O[C@@H]1O[C@@H](C)[C@H](O)C[C@H]1O. The van der Waals surface area contributed by atoms with Gasteiger partial charge in [0.1, 0.15) is 6.10 Å². The summed E-state index contributed by atoms with van der Waals surface area (Å²) in [5.41, 5.74) is 0. The summed E-state index contributed by atoms with van der Waals surface area (Å²) in [6.45, 7) is 5.96. The molecule has 0 radical (unpaired) electrons. The van der Waals surface area contributed by atoms with E-state index in [1.165, 1.54) is 0 Å². The van der Waals surface area contributed by atoms with E-state index in [2.05, 4.69) is 0 Å². The van der Waals surface area contributed by atoms with E-state index in [0.717, 1.165) is 19.3 Å². The minimum Gasteiger partial charge on any atom is -0.466 e. The molecule has 128 valence electrons. The zero-order chi connectivity index (χ0) is 16.3. The molecule has 0 unspecified atom stereocenters. The molecule has 7 atom stereocenters. The van der Waals surface area contributed by atoms with Crippen molar-refractivity contribution >= 4 is 5.97 Å². The number of rotatable bonds is 7. The molecule has 0 spiro atoms. The van der Waals surface area contributed by atoms with E-state index in [1.54, 1.807) is 6.92 Å². The standard InChI is InChI=1S/C16H28O6/c1-4-20-15(19)12-7-11(12)6-5-9(2)21-16-14(18)8-13(17)10(3)22-16/h9-14,16-18H,4-8H2,1-3H3/t9-,10+,11+,12-,13-,14-,16-/m1/s1. The van der Waals surface area contributed by atoms with E-state index >= 15 is 0 Å². The van der Waals surface area contributed by atoms with Crippen molar-refractivity contribution in [3.8, 4) is 0 Å². The Bertz CT molecular complexity index is 374. The molecular formula is C16H28O6. The lowest BCUT2D eigenvalue weighted by molar-refractivity contribution is -0.273. The van der Waals surface area contributed by atoms with Gasteiger partial charge in [-0.05, 0) is 46.0 Å². The number of hydrogen-bond donors (Lipinski definition) is 2. The topological polar surface area (TPSA) is 85.2 Å². The second kappa shape index (κ2) is 7.73. The van der Waals surface area contributed by atoms with Crippen LogP contribution in [-0.4, -0.2) is 53.5 Å². The predicted octanol–water partition coefficient (Wildman–Crippen LogP) is 1.23. The molecule has 2 fully saturated rings. The average molecular weight is 316 g/mol. The monoisotopic (exact) mass is 316 g/mol. The normalized spacial score (nSPS) is 39.3. The second-order valence-electron chi connectivity index (χ2n) is 6.46. The fourth-order valence-corrected chi connectivity index (χ4v) is 2.92. The van der Waals surface area contributed by atoms with Gasteiger partial charge in [0.2, 0.25) is 0 Å². The van der Waals surface area contributed by atoms with Crippen LogP contribution >= 0.6 is 0 Å². The summed E-state index contributed by atoms with van der Waals surface area (Å²) in [6, 6.07) is 0. The van der Waals surface area contributed by atoms with Crippen molar-refractivity contribution in [2.45, 2.75) is 77.2 Å². The van der Waals surface area contributed by atoms with Crippen LogP contribution in [-0.2, 0) is 19.0 Å². The predicted molar refractivity (Wildman–Crippen MR) is 79.0 cm³/mol. The van der Waals surface area contributed by atoms with Crippen molar-refractivity contribution in [1.29, 1.82) is 0 Å². The molecule has 1 saturated carbocycles. The Kier molecular flexibility index (Phi) is 6.20. The molecule has 2 rings (SSSR count). The lowest BCUT2D eigenvalue weighted by atomic mass is 10.0. The maximum atomic E-state index is 11.6. The highest BCUT2D eigenvalue weighted by Gasteiger charge is 2.44. The lowest BCUT2D eigenvalue weighted by Crippen LogP contribution is -2.48. The summed E-state index contributed by atoms with van der Waals surface area (Å²) >= 11 is 0. The molecule has 0 amide bonds. The third-order valence-corrected chi connectivity index (χ3v) is 4.51. The first kappa shape index (κ1) is 17.7. The fourth-order valence-electron chi connectivity index (χ4n) is 2.92. The molecule has 2 N–H and O–H groups in total. The first-order valence-electron chi connectivity index (χ1n) is 8.26. The van der Waals surface area contributed by atoms with E-state index in [0.29, 0.717) is 12.5 Å². The van der Waals surface area contributed by atoms with Gasteiger partial charge in [0.25, 0.3) is 0 Å². The third-order valence-electron chi connectivity index (χ3n) is 4.51. The largest absolute Gasteiger partial charge is 0.466 e. The highest BCUT2D eigenvalue weighted by atomic mass is 16.7. The molecule has 2 aliphatic rings. The van der Waals surface area contributed by atoms with Crippen molar-refractivity contribution in [3.63, 3.8) is 0 Å². The smallest absolute Gasteiger partial charge is 0.309 e. The van der Waals surface area contributed by atoms with Gasteiger partial charge in [0.15, 0.2) is 6.29 Å². The Hall–Kier alpha value is -0.690. The fraction of sp³-hybridized carbons (Fsp3) is 0.938. The van der Waals surface area contributed by atoms with Crippen LogP contribution in [0, 0.1) is 11.8 Å². The van der Waals surface area contributed by atoms with E-state index in [9.17, 15) is 15.0 Å². The number of hydrogen-bond acceptors (Lipinski definition) is 6. The van der Waals surface area contributed by atoms with Crippen LogP contribution in [0.1, 0.15) is 46.5 Å². The maximum Gasteiger partial charge on any atom is 0.309 e. The molecular weight excluding hydrogens is 288 g/mol. The number of carbonyl (C=O) groups excluding carboxylic acids is 1. The first-order chi connectivity index (χ1) is 10.4. The van der Waals surface area contributed by atoms with Crippen LogP contribution < -0.4 is 0 Å². The van der Waals surface area contributed by atoms with Crippen molar-refractivity contribution in [2.24, 2.45) is 11.8 Å². The molecule has 1 saturated heterocycles. The van der Waals surface area contributed by atoms with Gasteiger partial charge < -0.3 is 24.4 Å². The van der Waals surface area contributed by atoms with Crippen molar-refractivity contribution < 1.29 is 29.2 Å². The molecule has 0 aromatic heterocycles. The molecule has 0 bridgehead atoms. The van der Waals surface area contributed by atoms with Crippen molar-refractivity contribution in [3.05, 3.63) is 0 Å². The molecule has 1 heterocycles. The molecule has 0 aromatic carbocycles. The molecule has 1 aliphatic heterocycles. The molecule has 6 nitrogen and oxygen atoms in total. The number of esters is 1. The van der Waals surface area contributed by atoms with E-state index in [4.69, 9.17) is 14.2 Å². The number of aliphatic hydroxyl groups excluding tert-OH is 2. The summed E-state index contributed by atoms with van der Waals surface area (Å²) in [5.74, 6) is 0.358. The Balaban J connectivity index is 1.66. The zero-order valence-corrected chi connectivity index (χ0v) is 13.6. The first-order valence-corrected chi connectivity index (χ1v) is 8.26. The minimum atomic E-state index is -0.804.